The van der Waals surface area contributed by atoms with Gasteiger partial charge in [0.2, 0.25) is 0 Å². The number of anilines is 1. The smallest absolute Gasteiger partial charge is 0.261 e. The van der Waals surface area contributed by atoms with Crippen molar-refractivity contribution in [3.63, 3.8) is 0 Å². The van der Waals surface area contributed by atoms with Crippen LogP contribution < -0.4 is 11.3 Å². The first-order chi connectivity index (χ1) is 10.5. The average Bonchev–Trinajstić information content (AvgIpc) is 2.48. The van der Waals surface area contributed by atoms with Gasteiger partial charge in [0.25, 0.3) is 5.56 Å². The molecular weight excluding hydrogens is 298 g/mol. The minimum absolute atomic E-state index is 0.0501. The molecule has 0 aliphatic rings. The molecule has 2 heterocycles. The molecule has 0 spiro atoms. The minimum Gasteiger partial charge on any atom is -0.384 e. The lowest BCUT2D eigenvalue weighted by Crippen LogP contribution is -2.21. The van der Waals surface area contributed by atoms with Crippen LogP contribution in [-0.2, 0) is 12.8 Å². The quantitative estimate of drug-likeness (QED) is 0.587. The van der Waals surface area contributed by atoms with E-state index in [1.807, 2.05) is 25.1 Å². The van der Waals surface area contributed by atoms with Crippen LogP contribution in [0.15, 0.2) is 40.3 Å². The van der Waals surface area contributed by atoms with E-state index < -0.39 is 0 Å². The number of para-hydroxylation sites is 1. The number of benzene rings is 1. The van der Waals surface area contributed by atoms with Crippen molar-refractivity contribution in [2.45, 2.75) is 17.8 Å². The summed E-state index contributed by atoms with van der Waals surface area (Å²) in [4.78, 5) is 25.4. The lowest BCUT2D eigenvalue weighted by atomic mass is 10.2. The predicted molar refractivity (Wildman–Crippen MR) is 87.7 cm³/mol. The van der Waals surface area contributed by atoms with Gasteiger partial charge in [0.15, 0.2) is 5.16 Å². The van der Waals surface area contributed by atoms with Crippen molar-refractivity contribution in [1.82, 2.24) is 19.5 Å². The molecule has 2 aromatic heterocycles. The molecule has 0 saturated heterocycles. The van der Waals surface area contributed by atoms with Crippen LogP contribution >= 0.6 is 11.8 Å². The first-order valence-electron chi connectivity index (χ1n) is 6.73. The molecule has 0 aliphatic carbocycles. The van der Waals surface area contributed by atoms with Crippen molar-refractivity contribution in [1.29, 1.82) is 0 Å². The summed E-state index contributed by atoms with van der Waals surface area (Å²) in [5.41, 5.74) is 7.19. The maximum Gasteiger partial charge on any atom is 0.261 e. The van der Waals surface area contributed by atoms with E-state index in [4.69, 9.17) is 5.73 Å². The molecule has 0 radical (unpaired) electrons. The van der Waals surface area contributed by atoms with Gasteiger partial charge in [-0.15, -0.1) is 0 Å². The molecule has 3 rings (SSSR count). The highest BCUT2D eigenvalue weighted by molar-refractivity contribution is 7.98. The van der Waals surface area contributed by atoms with Gasteiger partial charge in [-0.1, -0.05) is 23.9 Å². The van der Waals surface area contributed by atoms with E-state index in [2.05, 4.69) is 15.0 Å². The summed E-state index contributed by atoms with van der Waals surface area (Å²) in [6, 6.07) is 9.05. The number of rotatable bonds is 3. The molecular formula is C15H15N5OS. The molecule has 0 unspecified atom stereocenters. The minimum atomic E-state index is -0.0501. The van der Waals surface area contributed by atoms with E-state index in [1.165, 1.54) is 11.8 Å². The van der Waals surface area contributed by atoms with Crippen molar-refractivity contribution in [3.8, 4) is 0 Å². The van der Waals surface area contributed by atoms with Gasteiger partial charge in [-0.2, -0.15) is 0 Å². The maximum absolute atomic E-state index is 12.3. The third-order valence-corrected chi connectivity index (χ3v) is 4.10. The summed E-state index contributed by atoms with van der Waals surface area (Å²) in [5.74, 6) is 1.62. The largest absolute Gasteiger partial charge is 0.384 e. The SMILES string of the molecule is Cc1cc(N)nc(SCc2nc3ccccc3c(=O)n2C)n1. The fraction of sp³-hybridized carbons (Fsp3) is 0.200. The van der Waals surface area contributed by atoms with Crippen LogP contribution in [0, 0.1) is 6.92 Å². The topological polar surface area (TPSA) is 86.7 Å². The van der Waals surface area contributed by atoms with E-state index in [9.17, 15) is 4.79 Å². The molecule has 2 N–H and O–H groups in total. The Labute approximate surface area is 131 Å². The Morgan fingerprint density at radius 3 is 2.77 bits per heavy atom. The molecule has 22 heavy (non-hydrogen) atoms. The number of hydrogen-bond donors (Lipinski definition) is 1. The van der Waals surface area contributed by atoms with Crippen molar-refractivity contribution in [2.24, 2.45) is 7.05 Å². The van der Waals surface area contributed by atoms with Gasteiger partial charge in [0.1, 0.15) is 11.6 Å². The van der Waals surface area contributed by atoms with Crippen molar-refractivity contribution >= 4 is 28.5 Å². The number of nitrogens with two attached hydrogens (primary N) is 1. The van der Waals surface area contributed by atoms with E-state index in [-0.39, 0.29) is 5.56 Å². The summed E-state index contributed by atoms with van der Waals surface area (Å²) in [7, 11) is 1.73. The van der Waals surface area contributed by atoms with Crippen LogP contribution in [0.25, 0.3) is 10.9 Å². The molecule has 3 aromatic rings. The average molecular weight is 313 g/mol. The second kappa shape index (κ2) is 5.76. The van der Waals surface area contributed by atoms with Crippen LogP contribution in [0.4, 0.5) is 5.82 Å². The van der Waals surface area contributed by atoms with Gasteiger partial charge in [0.05, 0.1) is 16.7 Å². The van der Waals surface area contributed by atoms with E-state index in [0.717, 1.165) is 5.69 Å². The molecule has 0 saturated carbocycles. The first-order valence-corrected chi connectivity index (χ1v) is 7.72. The molecule has 7 heteroatoms. The number of aryl methyl sites for hydroxylation is 1. The third kappa shape index (κ3) is 2.80. The summed E-state index contributed by atoms with van der Waals surface area (Å²) < 4.78 is 1.56. The van der Waals surface area contributed by atoms with Crippen molar-refractivity contribution in [3.05, 3.63) is 52.2 Å². The first kappa shape index (κ1) is 14.5. The Morgan fingerprint density at radius 1 is 1.23 bits per heavy atom. The van der Waals surface area contributed by atoms with Gasteiger partial charge in [0, 0.05) is 18.8 Å². The fourth-order valence-electron chi connectivity index (χ4n) is 2.15. The molecule has 6 nitrogen and oxygen atoms in total. The van der Waals surface area contributed by atoms with E-state index in [0.29, 0.717) is 33.5 Å². The highest BCUT2D eigenvalue weighted by Gasteiger charge is 2.09. The zero-order valence-electron chi connectivity index (χ0n) is 12.3. The normalized spacial score (nSPS) is 11.0. The molecule has 0 aliphatic heterocycles. The highest BCUT2D eigenvalue weighted by atomic mass is 32.2. The molecule has 0 amide bonds. The van der Waals surface area contributed by atoms with Gasteiger partial charge in [-0.25, -0.2) is 15.0 Å². The molecule has 0 fully saturated rings. The van der Waals surface area contributed by atoms with Crippen LogP contribution in [0.3, 0.4) is 0 Å². The van der Waals surface area contributed by atoms with E-state index in [1.54, 1.807) is 23.7 Å². The molecule has 112 valence electrons. The van der Waals surface area contributed by atoms with Gasteiger partial charge in [-0.3, -0.25) is 9.36 Å². The molecule has 0 bridgehead atoms. The Morgan fingerprint density at radius 2 is 2.00 bits per heavy atom. The fourth-order valence-corrected chi connectivity index (χ4v) is 3.05. The van der Waals surface area contributed by atoms with Crippen molar-refractivity contribution < 1.29 is 0 Å². The Hall–Kier alpha value is -2.41. The summed E-state index contributed by atoms with van der Waals surface area (Å²) in [5, 5.41) is 1.20. The third-order valence-electron chi connectivity index (χ3n) is 3.26. The predicted octanol–water partition coefficient (Wildman–Crippen LogP) is 1.91. The second-order valence-electron chi connectivity index (χ2n) is 4.91. The van der Waals surface area contributed by atoms with Gasteiger partial charge in [-0.05, 0) is 19.1 Å². The van der Waals surface area contributed by atoms with Gasteiger partial charge < -0.3 is 5.73 Å². The summed E-state index contributed by atoms with van der Waals surface area (Å²) in [6.45, 7) is 1.87. The number of aromatic nitrogens is 4. The zero-order valence-corrected chi connectivity index (χ0v) is 13.1. The van der Waals surface area contributed by atoms with Gasteiger partial charge >= 0.3 is 0 Å². The molecule has 1 aromatic carbocycles. The van der Waals surface area contributed by atoms with Crippen LogP contribution in [0.2, 0.25) is 0 Å². The number of thioether (sulfide) groups is 1. The Kier molecular flexibility index (Phi) is 3.81. The van der Waals surface area contributed by atoms with Crippen LogP contribution in [0.1, 0.15) is 11.5 Å². The number of nitrogens with zero attached hydrogens (tertiary/aromatic N) is 4. The number of nitrogen functional groups attached to an aromatic ring is 1. The monoisotopic (exact) mass is 313 g/mol. The highest BCUT2D eigenvalue weighted by Crippen LogP contribution is 2.20. The second-order valence-corrected chi connectivity index (χ2v) is 5.86. The lowest BCUT2D eigenvalue weighted by molar-refractivity contribution is 0.783. The van der Waals surface area contributed by atoms with Crippen LogP contribution in [-0.4, -0.2) is 19.5 Å². The maximum atomic E-state index is 12.3. The van der Waals surface area contributed by atoms with Crippen molar-refractivity contribution in [2.75, 3.05) is 5.73 Å². The van der Waals surface area contributed by atoms with Crippen LogP contribution in [0.5, 0.6) is 0 Å². The van der Waals surface area contributed by atoms with E-state index >= 15 is 0 Å². The standard InChI is InChI=1S/C15H15N5OS/c1-9-7-12(16)19-15(17-9)22-8-13-18-11-6-4-3-5-10(11)14(21)20(13)2/h3-7H,8H2,1-2H3,(H2,16,17,19). The molecule has 0 atom stereocenters. The lowest BCUT2D eigenvalue weighted by Gasteiger charge is -2.08. The summed E-state index contributed by atoms with van der Waals surface area (Å²) >= 11 is 1.41. The Balaban J connectivity index is 1.94. The summed E-state index contributed by atoms with van der Waals surface area (Å²) in [6.07, 6.45) is 0. The Bertz CT molecular complexity index is 886. The number of fused-ring (bicyclic) bond motifs is 1. The zero-order chi connectivity index (χ0) is 15.7. The number of hydrogen-bond acceptors (Lipinski definition) is 6.